The molecule has 136 valence electrons. The fourth-order valence-corrected chi connectivity index (χ4v) is 9.34. The van der Waals surface area contributed by atoms with Gasteiger partial charge in [0.1, 0.15) is 0 Å². The second kappa shape index (κ2) is 9.83. The van der Waals surface area contributed by atoms with E-state index in [-0.39, 0.29) is 11.8 Å². The van der Waals surface area contributed by atoms with Crippen LogP contribution in [0.15, 0.2) is 0 Å². The zero-order valence-corrected chi connectivity index (χ0v) is 17.6. The van der Waals surface area contributed by atoms with Gasteiger partial charge in [0.2, 0.25) is 0 Å². The summed E-state index contributed by atoms with van der Waals surface area (Å²) in [6.07, 6.45) is -1.32. The van der Waals surface area contributed by atoms with E-state index in [1.54, 1.807) is 6.92 Å². The fourth-order valence-electron chi connectivity index (χ4n) is 3.88. The van der Waals surface area contributed by atoms with Crippen molar-refractivity contribution in [3.63, 3.8) is 0 Å². The summed E-state index contributed by atoms with van der Waals surface area (Å²) in [5.41, 5.74) is 1.46. The molecule has 0 rings (SSSR count). The van der Waals surface area contributed by atoms with Crippen molar-refractivity contribution < 1.29 is 14.6 Å². The molecule has 0 aromatic carbocycles. The maximum Gasteiger partial charge on any atom is 0.200 e. The van der Waals surface area contributed by atoms with Gasteiger partial charge in [-0.15, -0.1) is 5.92 Å². The van der Waals surface area contributed by atoms with E-state index < -0.39 is 20.5 Å². The Morgan fingerprint density at radius 1 is 0.870 bits per heavy atom. The van der Waals surface area contributed by atoms with Crippen molar-refractivity contribution in [2.75, 3.05) is 6.61 Å². The van der Waals surface area contributed by atoms with Gasteiger partial charge in [0, 0.05) is 11.8 Å². The lowest BCUT2D eigenvalue weighted by atomic mass is 9.90. The minimum atomic E-state index is -1.98. The predicted octanol–water partition coefficient (Wildman–Crippen LogP) is 4.20. The van der Waals surface area contributed by atoms with Crippen LogP contribution in [0.25, 0.3) is 0 Å². The van der Waals surface area contributed by atoms with E-state index in [0.717, 1.165) is 0 Å². The van der Waals surface area contributed by atoms with Gasteiger partial charge in [0.05, 0.1) is 18.8 Å². The van der Waals surface area contributed by atoms with Crippen molar-refractivity contribution in [3.8, 4) is 11.8 Å². The SMILES string of the molecule is CC#C[C@H](C)[C@H](O)[C@H](C)[C@@H](O)CO[Si](C(C)C)(C(C)C)C(C)C. The van der Waals surface area contributed by atoms with Crippen molar-refractivity contribution in [3.05, 3.63) is 0 Å². The molecule has 2 N–H and O–H groups in total. The van der Waals surface area contributed by atoms with Crippen LogP contribution in [0, 0.1) is 23.7 Å². The van der Waals surface area contributed by atoms with Gasteiger partial charge in [0.15, 0.2) is 8.32 Å². The average Bonchev–Trinajstić information content (AvgIpc) is 2.45. The second-order valence-electron chi connectivity index (χ2n) is 7.73. The number of hydrogen-bond acceptors (Lipinski definition) is 3. The van der Waals surface area contributed by atoms with Crippen molar-refractivity contribution in [2.45, 2.75) is 91.1 Å². The summed E-state index contributed by atoms with van der Waals surface area (Å²) in [4.78, 5) is 0. The highest BCUT2D eigenvalue weighted by atomic mass is 28.4. The van der Waals surface area contributed by atoms with Crippen molar-refractivity contribution in [2.24, 2.45) is 11.8 Å². The largest absolute Gasteiger partial charge is 0.413 e. The number of aliphatic hydroxyl groups is 2. The lowest BCUT2D eigenvalue weighted by molar-refractivity contribution is -0.0175. The number of hydrogen-bond donors (Lipinski definition) is 2. The Bertz CT molecular complexity index is 373. The first-order valence-corrected chi connectivity index (χ1v) is 11.1. The van der Waals surface area contributed by atoms with E-state index in [4.69, 9.17) is 4.43 Å². The Kier molecular flexibility index (Phi) is 9.69. The van der Waals surface area contributed by atoms with Gasteiger partial charge in [0.25, 0.3) is 0 Å². The van der Waals surface area contributed by atoms with E-state index in [0.29, 0.717) is 23.2 Å². The molecule has 0 aromatic rings. The zero-order chi connectivity index (χ0) is 18.4. The van der Waals surface area contributed by atoms with Crippen LogP contribution < -0.4 is 0 Å². The molecule has 0 aliphatic carbocycles. The fraction of sp³-hybridized carbons (Fsp3) is 0.895. The summed E-state index contributed by atoms with van der Waals surface area (Å²) in [5.74, 6) is 5.39. The molecule has 0 aliphatic rings. The van der Waals surface area contributed by atoms with Crippen LogP contribution in [0.5, 0.6) is 0 Å². The number of rotatable bonds is 9. The molecule has 0 heterocycles. The summed E-state index contributed by atoms with van der Waals surface area (Å²) in [5, 5.41) is 20.8. The molecule has 0 fully saturated rings. The van der Waals surface area contributed by atoms with Gasteiger partial charge in [-0.2, -0.15) is 0 Å². The zero-order valence-electron chi connectivity index (χ0n) is 16.6. The van der Waals surface area contributed by atoms with E-state index in [9.17, 15) is 10.2 Å². The Morgan fingerprint density at radius 3 is 1.65 bits per heavy atom. The summed E-state index contributed by atoms with van der Waals surface area (Å²) in [6.45, 7) is 19.2. The van der Waals surface area contributed by atoms with Gasteiger partial charge >= 0.3 is 0 Å². The quantitative estimate of drug-likeness (QED) is 0.488. The monoisotopic (exact) mass is 342 g/mol. The smallest absolute Gasteiger partial charge is 0.200 e. The van der Waals surface area contributed by atoms with E-state index in [1.807, 2.05) is 13.8 Å². The average molecular weight is 343 g/mol. The van der Waals surface area contributed by atoms with E-state index in [1.165, 1.54) is 0 Å². The standard InChI is InChI=1S/C19H38O3Si/c1-10-11-16(8)19(21)17(9)18(20)12-22-23(13(2)3,14(4)5)15(6)7/h13-21H,12H2,1-9H3/t16-,17+,18-,19-/m0/s1. The van der Waals surface area contributed by atoms with Crippen LogP contribution in [-0.2, 0) is 4.43 Å². The Labute approximate surface area is 145 Å². The lowest BCUT2D eigenvalue weighted by Gasteiger charge is -2.43. The minimum Gasteiger partial charge on any atom is -0.413 e. The third-order valence-electron chi connectivity index (χ3n) is 5.24. The molecular formula is C19H38O3Si. The number of aliphatic hydroxyl groups excluding tert-OH is 2. The topological polar surface area (TPSA) is 49.7 Å². The van der Waals surface area contributed by atoms with Gasteiger partial charge in [-0.25, -0.2) is 0 Å². The third kappa shape index (κ3) is 5.60. The molecule has 0 spiro atoms. The van der Waals surface area contributed by atoms with Crippen LogP contribution in [0.1, 0.15) is 62.3 Å². The molecule has 0 amide bonds. The lowest BCUT2D eigenvalue weighted by Crippen LogP contribution is -2.50. The summed E-state index contributed by atoms with van der Waals surface area (Å²) in [6, 6.07) is 0. The van der Waals surface area contributed by atoms with Gasteiger partial charge in [-0.1, -0.05) is 54.4 Å². The van der Waals surface area contributed by atoms with E-state index >= 15 is 0 Å². The molecule has 0 saturated heterocycles. The first-order valence-electron chi connectivity index (χ1n) is 8.94. The molecule has 23 heavy (non-hydrogen) atoms. The first-order chi connectivity index (χ1) is 10.5. The molecular weight excluding hydrogens is 304 g/mol. The molecule has 0 saturated carbocycles. The highest BCUT2D eigenvalue weighted by molar-refractivity contribution is 6.77. The highest BCUT2D eigenvalue weighted by Crippen LogP contribution is 2.42. The normalized spacial score (nSPS) is 17.8. The van der Waals surface area contributed by atoms with Crippen LogP contribution in [0.2, 0.25) is 16.6 Å². The van der Waals surface area contributed by atoms with Crippen LogP contribution >= 0.6 is 0 Å². The minimum absolute atomic E-state index is 0.146. The van der Waals surface area contributed by atoms with Crippen LogP contribution in [0.4, 0.5) is 0 Å². The van der Waals surface area contributed by atoms with Gasteiger partial charge in [-0.3, -0.25) is 0 Å². The molecule has 0 aliphatic heterocycles. The Morgan fingerprint density at radius 2 is 1.30 bits per heavy atom. The molecule has 0 radical (unpaired) electrons. The predicted molar refractivity (Wildman–Crippen MR) is 101 cm³/mol. The van der Waals surface area contributed by atoms with Crippen molar-refractivity contribution in [1.29, 1.82) is 0 Å². The first kappa shape index (κ1) is 22.7. The second-order valence-corrected chi connectivity index (χ2v) is 13.2. The van der Waals surface area contributed by atoms with E-state index in [2.05, 4.69) is 53.4 Å². The van der Waals surface area contributed by atoms with Gasteiger partial charge < -0.3 is 14.6 Å². The highest BCUT2D eigenvalue weighted by Gasteiger charge is 2.45. The van der Waals surface area contributed by atoms with Crippen LogP contribution in [-0.4, -0.2) is 37.3 Å². The maximum atomic E-state index is 10.5. The van der Waals surface area contributed by atoms with Crippen LogP contribution in [0.3, 0.4) is 0 Å². The van der Waals surface area contributed by atoms with Crippen molar-refractivity contribution >= 4 is 8.32 Å². The molecule has 4 atom stereocenters. The maximum absolute atomic E-state index is 10.5. The molecule has 0 unspecified atom stereocenters. The summed E-state index contributed by atoms with van der Waals surface area (Å²) >= 11 is 0. The molecule has 3 nitrogen and oxygen atoms in total. The third-order valence-corrected chi connectivity index (χ3v) is 11.3. The van der Waals surface area contributed by atoms with Crippen molar-refractivity contribution in [1.82, 2.24) is 0 Å². The van der Waals surface area contributed by atoms with Gasteiger partial charge in [-0.05, 0) is 30.5 Å². The molecule has 0 aromatic heterocycles. The Balaban J connectivity index is 5.00. The molecule has 0 bridgehead atoms. The Hall–Kier alpha value is -0.343. The summed E-state index contributed by atoms with van der Waals surface area (Å²) < 4.78 is 6.43. The summed E-state index contributed by atoms with van der Waals surface area (Å²) in [7, 11) is -1.98. The molecule has 4 heteroatoms.